The summed E-state index contributed by atoms with van der Waals surface area (Å²) in [5.74, 6) is 1.72. The second-order valence-corrected chi connectivity index (χ2v) is 5.22. The minimum atomic E-state index is 0.702. The second kappa shape index (κ2) is 6.66. The first-order chi connectivity index (χ1) is 8.04. The van der Waals surface area contributed by atoms with E-state index in [9.17, 15) is 0 Å². The zero-order valence-corrected chi connectivity index (χ0v) is 13.3. The lowest BCUT2D eigenvalue weighted by Crippen LogP contribution is -2.16. The largest absolute Gasteiger partial charge is 0.496 e. The normalized spacial score (nSPS) is 10.7. The first-order valence-corrected chi connectivity index (χ1v) is 7.10. The van der Waals surface area contributed by atoms with Crippen LogP contribution in [0.15, 0.2) is 4.47 Å². The number of benzene rings is 1. The van der Waals surface area contributed by atoms with Crippen molar-refractivity contribution in [1.29, 1.82) is 0 Å². The molecule has 0 aromatic heterocycles. The van der Waals surface area contributed by atoms with Crippen LogP contribution in [-0.2, 0) is 6.42 Å². The fraction of sp³-hybridized carbons (Fsp3) is 0.538. The van der Waals surface area contributed by atoms with Gasteiger partial charge in [0, 0.05) is 16.9 Å². The summed E-state index contributed by atoms with van der Waals surface area (Å²) < 4.78 is 6.75. The fourth-order valence-corrected chi connectivity index (χ4v) is 2.71. The average Bonchev–Trinajstić information content (AvgIpc) is 2.33. The van der Waals surface area contributed by atoms with Gasteiger partial charge in [0.15, 0.2) is 0 Å². The van der Waals surface area contributed by atoms with E-state index in [1.54, 1.807) is 7.11 Å². The lowest BCUT2D eigenvalue weighted by molar-refractivity contribution is 0.405. The summed E-state index contributed by atoms with van der Waals surface area (Å²) in [4.78, 5) is 0. The summed E-state index contributed by atoms with van der Waals surface area (Å²) >= 11 is 7.81. The number of hydrogen-bond donors (Lipinski definition) is 2. The van der Waals surface area contributed by atoms with E-state index in [2.05, 4.69) is 54.6 Å². The van der Waals surface area contributed by atoms with Gasteiger partial charge in [0.25, 0.3) is 0 Å². The van der Waals surface area contributed by atoms with Crippen LogP contribution in [0.1, 0.15) is 22.3 Å². The third-order valence-electron chi connectivity index (χ3n) is 3.16. The van der Waals surface area contributed by atoms with Gasteiger partial charge in [-0.05, 0) is 49.4 Å². The fourth-order valence-electron chi connectivity index (χ4n) is 2.02. The van der Waals surface area contributed by atoms with Gasteiger partial charge in [-0.3, -0.25) is 0 Å². The molecule has 0 heterocycles. The van der Waals surface area contributed by atoms with Crippen LogP contribution in [-0.4, -0.2) is 19.5 Å². The first-order valence-electron chi connectivity index (χ1n) is 5.68. The number of nitrogens with one attached hydrogen (secondary N) is 1. The predicted molar refractivity (Wildman–Crippen MR) is 80.5 cm³/mol. The molecule has 1 rings (SSSR count). The van der Waals surface area contributed by atoms with Gasteiger partial charge in [0.2, 0.25) is 0 Å². The Kier molecular flexibility index (Phi) is 5.83. The molecule has 0 atom stereocenters. The quantitative estimate of drug-likeness (QED) is 0.493. The summed E-state index contributed by atoms with van der Waals surface area (Å²) in [6.45, 7) is 7.27. The van der Waals surface area contributed by atoms with E-state index in [0.29, 0.717) is 5.88 Å². The minimum absolute atomic E-state index is 0.702. The summed E-state index contributed by atoms with van der Waals surface area (Å²) in [7, 11) is 1.74. The Morgan fingerprint density at radius 2 is 1.82 bits per heavy atom. The van der Waals surface area contributed by atoms with Gasteiger partial charge < -0.3 is 10.1 Å². The molecule has 17 heavy (non-hydrogen) atoms. The van der Waals surface area contributed by atoms with E-state index in [1.165, 1.54) is 26.7 Å². The van der Waals surface area contributed by atoms with Gasteiger partial charge in [-0.2, -0.15) is 12.6 Å². The smallest absolute Gasteiger partial charge is 0.125 e. The third-order valence-corrected chi connectivity index (χ3v) is 4.57. The van der Waals surface area contributed by atoms with Crippen LogP contribution in [0, 0.1) is 20.8 Å². The molecule has 0 aliphatic heterocycles. The number of hydrogen-bond acceptors (Lipinski definition) is 3. The Labute approximate surface area is 118 Å². The molecule has 1 N–H and O–H groups in total. The molecule has 0 radical (unpaired) electrons. The van der Waals surface area contributed by atoms with Crippen LogP contribution in [0.3, 0.4) is 0 Å². The van der Waals surface area contributed by atoms with Crippen molar-refractivity contribution in [2.45, 2.75) is 27.2 Å². The Morgan fingerprint density at radius 1 is 1.18 bits per heavy atom. The van der Waals surface area contributed by atoms with Crippen molar-refractivity contribution in [3.8, 4) is 5.75 Å². The van der Waals surface area contributed by atoms with E-state index in [-0.39, 0.29) is 0 Å². The van der Waals surface area contributed by atoms with Gasteiger partial charge in [-0.15, -0.1) is 0 Å². The highest BCUT2D eigenvalue weighted by atomic mass is 79.9. The van der Waals surface area contributed by atoms with Crippen LogP contribution < -0.4 is 10.1 Å². The molecule has 0 saturated carbocycles. The number of thiol groups is 1. The highest BCUT2D eigenvalue weighted by Gasteiger charge is 2.15. The van der Waals surface area contributed by atoms with Crippen molar-refractivity contribution in [3.63, 3.8) is 0 Å². The Balaban J connectivity index is 3.17. The molecule has 0 amide bonds. The van der Waals surface area contributed by atoms with Crippen molar-refractivity contribution in [3.05, 3.63) is 26.7 Å². The monoisotopic (exact) mass is 317 g/mol. The molecule has 0 bridgehead atoms. The van der Waals surface area contributed by atoms with E-state index in [4.69, 9.17) is 4.74 Å². The second-order valence-electron chi connectivity index (χ2n) is 4.11. The lowest BCUT2D eigenvalue weighted by atomic mass is 9.97. The minimum Gasteiger partial charge on any atom is -0.496 e. The van der Waals surface area contributed by atoms with Gasteiger partial charge in [0.1, 0.15) is 5.75 Å². The van der Waals surface area contributed by atoms with Crippen molar-refractivity contribution >= 4 is 28.6 Å². The van der Waals surface area contributed by atoms with Crippen molar-refractivity contribution in [2.24, 2.45) is 0 Å². The zero-order chi connectivity index (χ0) is 13.0. The summed E-state index contributed by atoms with van der Waals surface area (Å²) in [6, 6.07) is 0. The van der Waals surface area contributed by atoms with Gasteiger partial charge in [-0.25, -0.2) is 0 Å². The standard InChI is InChI=1S/C13H20BrNOS/c1-8-9(2)13(16-4)11(5-6-15-7-17)10(3)12(8)14/h15,17H,5-7H2,1-4H3. The summed E-state index contributed by atoms with van der Waals surface area (Å²) in [6.07, 6.45) is 0.954. The highest BCUT2D eigenvalue weighted by Crippen LogP contribution is 2.36. The number of rotatable bonds is 5. The number of ether oxygens (including phenoxy) is 1. The number of halogens is 1. The molecule has 0 unspecified atom stereocenters. The molecule has 1 aromatic carbocycles. The zero-order valence-electron chi connectivity index (χ0n) is 10.9. The molecule has 0 saturated heterocycles. The molecule has 2 nitrogen and oxygen atoms in total. The maximum atomic E-state index is 5.56. The molecule has 0 fully saturated rings. The lowest BCUT2D eigenvalue weighted by Gasteiger charge is -2.19. The van der Waals surface area contributed by atoms with E-state index in [1.807, 2.05) is 0 Å². The SMILES string of the molecule is COc1c(C)c(C)c(Br)c(C)c1CCNCS. The van der Waals surface area contributed by atoms with Crippen LogP contribution in [0.2, 0.25) is 0 Å². The van der Waals surface area contributed by atoms with Crippen molar-refractivity contribution in [1.82, 2.24) is 5.32 Å². The molecule has 0 aliphatic carbocycles. The number of methoxy groups -OCH3 is 1. The maximum Gasteiger partial charge on any atom is 0.125 e. The van der Waals surface area contributed by atoms with Crippen LogP contribution in [0.4, 0.5) is 0 Å². The van der Waals surface area contributed by atoms with Gasteiger partial charge in [-0.1, -0.05) is 15.9 Å². The molecule has 96 valence electrons. The summed E-state index contributed by atoms with van der Waals surface area (Å²) in [5, 5.41) is 3.22. The predicted octanol–water partition coefficient (Wildman–Crippen LogP) is 3.40. The van der Waals surface area contributed by atoms with Crippen molar-refractivity contribution < 1.29 is 4.74 Å². The maximum absolute atomic E-state index is 5.56. The van der Waals surface area contributed by atoms with E-state index < -0.39 is 0 Å². The Bertz CT molecular complexity index is 407. The Hall–Kier alpha value is -0.190. The molecule has 4 heteroatoms. The van der Waals surface area contributed by atoms with Gasteiger partial charge in [0.05, 0.1) is 7.11 Å². The molecular weight excluding hydrogens is 298 g/mol. The first kappa shape index (κ1) is 14.9. The molecule has 0 spiro atoms. The molecular formula is C13H20BrNOS. The van der Waals surface area contributed by atoms with Crippen LogP contribution >= 0.6 is 28.6 Å². The Morgan fingerprint density at radius 3 is 2.35 bits per heavy atom. The topological polar surface area (TPSA) is 21.3 Å². The van der Waals surface area contributed by atoms with Crippen molar-refractivity contribution in [2.75, 3.05) is 19.5 Å². The van der Waals surface area contributed by atoms with E-state index >= 15 is 0 Å². The van der Waals surface area contributed by atoms with E-state index in [0.717, 1.165) is 18.7 Å². The highest BCUT2D eigenvalue weighted by molar-refractivity contribution is 9.10. The van der Waals surface area contributed by atoms with Crippen LogP contribution in [0.5, 0.6) is 5.75 Å². The van der Waals surface area contributed by atoms with Gasteiger partial charge >= 0.3 is 0 Å². The average molecular weight is 318 g/mol. The molecule has 0 aliphatic rings. The summed E-state index contributed by atoms with van der Waals surface area (Å²) in [5.41, 5.74) is 5.01. The molecule has 1 aromatic rings. The third kappa shape index (κ3) is 3.18. The van der Waals surface area contributed by atoms with Crippen LogP contribution in [0.25, 0.3) is 0 Å².